The van der Waals surface area contributed by atoms with Crippen molar-refractivity contribution >= 4 is 17.3 Å². The average Bonchev–Trinajstić information content (AvgIpc) is 3.13. The molecule has 1 aliphatic rings. The molecule has 0 aromatic carbocycles. The predicted octanol–water partition coefficient (Wildman–Crippen LogP) is 2.37. The van der Waals surface area contributed by atoms with E-state index in [9.17, 15) is 4.79 Å². The first-order chi connectivity index (χ1) is 10.9. The summed E-state index contributed by atoms with van der Waals surface area (Å²) >= 11 is 0. The minimum atomic E-state index is -0.503. The summed E-state index contributed by atoms with van der Waals surface area (Å²) in [6.07, 6.45) is 7.08. The van der Waals surface area contributed by atoms with E-state index in [0.29, 0.717) is 24.6 Å². The van der Waals surface area contributed by atoms with Gasteiger partial charge in [0.25, 0.3) is 5.88 Å². The summed E-state index contributed by atoms with van der Waals surface area (Å²) in [7, 11) is 1.57. The number of carbonyl (C=O) groups excluding carboxylic acids is 1. The van der Waals surface area contributed by atoms with E-state index in [1.807, 2.05) is 43.6 Å². The number of fused-ring (bicyclic) bond motifs is 1. The van der Waals surface area contributed by atoms with Crippen molar-refractivity contribution in [2.24, 2.45) is 0 Å². The van der Waals surface area contributed by atoms with Crippen molar-refractivity contribution in [1.29, 1.82) is 0 Å². The van der Waals surface area contributed by atoms with Crippen LogP contribution >= 0.6 is 0 Å². The number of carbonyl (C=O) groups is 1. The lowest BCUT2D eigenvalue weighted by molar-refractivity contribution is 0.0306. The molecule has 0 bridgehead atoms. The minimum absolute atomic E-state index is 0.320. The van der Waals surface area contributed by atoms with Crippen molar-refractivity contribution in [2.45, 2.75) is 26.4 Å². The summed E-state index contributed by atoms with van der Waals surface area (Å²) in [6, 6.07) is 0. The molecule has 0 aliphatic carbocycles. The lowest BCUT2D eigenvalue weighted by Gasteiger charge is -2.24. The Labute approximate surface area is 134 Å². The Hall–Kier alpha value is -2.57. The summed E-state index contributed by atoms with van der Waals surface area (Å²) in [4.78, 5) is 22.5. The molecule has 7 nitrogen and oxygen atoms in total. The van der Waals surface area contributed by atoms with Gasteiger partial charge in [-0.1, -0.05) is 6.08 Å². The van der Waals surface area contributed by atoms with Gasteiger partial charge in [0.05, 0.1) is 19.3 Å². The van der Waals surface area contributed by atoms with Gasteiger partial charge < -0.3 is 18.8 Å². The molecule has 0 fully saturated rings. The smallest absolute Gasteiger partial charge is 0.410 e. The van der Waals surface area contributed by atoms with E-state index in [2.05, 4.69) is 9.97 Å². The first-order valence-electron chi connectivity index (χ1n) is 7.42. The molecular weight excluding hydrogens is 296 g/mol. The molecule has 0 atom stereocenters. The summed E-state index contributed by atoms with van der Waals surface area (Å²) in [5.74, 6) is 0.462. The second-order valence-electron chi connectivity index (χ2n) is 6.38. The summed E-state index contributed by atoms with van der Waals surface area (Å²) in [5.41, 5.74) is 1.89. The molecular formula is C16H20N4O3. The third kappa shape index (κ3) is 3.13. The molecule has 122 valence electrons. The maximum Gasteiger partial charge on any atom is 0.410 e. The molecule has 3 rings (SSSR count). The standard InChI is InChI=1S/C16H20N4O3/c1-16(2,3)23-15(21)20-7-5-11(9-20)12-10-19-8-6-17-13(19)14(18-12)22-4/h5-6,8,10H,7,9H2,1-4H3. The molecule has 0 spiro atoms. The van der Waals surface area contributed by atoms with Crippen molar-refractivity contribution in [3.8, 4) is 5.88 Å². The van der Waals surface area contributed by atoms with E-state index >= 15 is 0 Å². The number of imidazole rings is 1. The molecule has 0 unspecified atom stereocenters. The zero-order chi connectivity index (χ0) is 16.6. The number of aromatic nitrogens is 3. The van der Waals surface area contributed by atoms with E-state index in [4.69, 9.17) is 9.47 Å². The van der Waals surface area contributed by atoms with Crippen LogP contribution in [0.3, 0.4) is 0 Å². The van der Waals surface area contributed by atoms with Gasteiger partial charge >= 0.3 is 6.09 Å². The van der Waals surface area contributed by atoms with Crippen LogP contribution in [-0.2, 0) is 4.74 Å². The third-order valence-electron chi connectivity index (χ3n) is 3.44. The van der Waals surface area contributed by atoms with Gasteiger partial charge in [-0.3, -0.25) is 0 Å². The number of nitrogens with zero attached hydrogens (tertiary/aromatic N) is 4. The number of hydrogen-bond acceptors (Lipinski definition) is 5. The molecule has 0 N–H and O–H groups in total. The maximum absolute atomic E-state index is 12.1. The fourth-order valence-corrected chi connectivity index (χ4v) is 2.40. The number of hydrogen-bond donors (Lipinski definition) is 0. The Morgan fingerprint density at radius 1 is 1.35 bits per heavy atom. The Kier molecular flexibility index (Phi) is 3.71. The third-order valence-corrected chi connectivity index (χ3v) is 3.44. The lowest BCUT2D eigenvalue weighted by atomic mass is 10.2. The van der Waals surface area contributed by atoms with E-state index in [0.717, 1.165) is 11.3 Å². The highest BCUT2D eigenvalue weighted by atomic mass is 16.6. The van der Waals surface area contributed by atoms with E-state index in [1.54, 1.807) is 18.2 Å². The quantitative estimate of drug-likeness (QED) is 0.851. The van der Waals surface area contributed by atoms with Crippen molar-refractivity contribution in [3.05, 3.63) is 30.4 Å². The van der Waals surface area contributed by atoms with Gasteiger partial charge in [-0.05, 0) is 26.3 Å². The van der Waals surface area contributed by atoms with Crippen molar-refractivity contribution in [2.75, 3.05) is 20.2 Å². The minimum Gasteiger partial charge on any atom is -0.478 e. The number of methoxy groups -OCH3 is 1. The number of rotatable bonds is 2. The van der Waals surface area contributed by atoms with Gasteiger partial charge in [-0.25, -0.2) is 14.8 Å². The normalized spacial score (nSPS) is 15.0. The van der Waals surface area contributed by atoms with Crippen LogP contribution in [0.1, 0.15) is 26.5 Å². The van der Waals surface area contributed by atoms with E-state index in [1.165, 1.54) is 0 Å². The van der Waals surface area contributed by atoms with Crippen LogP contribution in [0.25, 0.3) is 11.2 Å². The summed E-state index contributed by atoms with van der Waals surface area (Å²) in [6.45, 7) is 6.54. The summed E-state index contributed by atoms with van der Waals surface area (Å²) in [5, 5.41) is 0. The highest BCUT2D eigenvalue weighted by Gasteiger charge is 2.26. The number of amides is 1. The zero-order valence-corrected chi connectivity index (χ0v) is 13.7. The van der Waals surface area contributed by atoms with Crippen LogP contribution in [-0.4, -0.2) is 51.2 Å². The van der Waals surface area contributed by atoms with Crippen LogP contribution in [0.15, 0.2) is 24.7 Å². The predicted molar refractivity (Wildman–Crippen MR) is 85.3 cm³/mol. The lowest BCUT2D eigenvalue weighted by Crippen LogP contribution is -2.35. The summed E-state index contributed by atoms with van der Waals surface area (Å²) < 4.78 is 12.6. The highest BCUT2D eigenvalue weighted by Crippen LogP contribution is 2.24. The Balaban J connectivity index is 1.80. The van der Waals surface area contributed by atoms with Crippen molar-refractivity contribution in [3.63, 3.8) is 0 Å². The molecule has 0 radical (unpaired) electrons. The Bertz CT molecular complexity index is 773. The second kappa shape index (κ2) is 5.57. The SMILES string of the molecule is COc1nc(C2=CCN(C(=O)OC(C)(C)C)C2)cn2ccnc12. The first-order valence-corrected chi connectivity index (χ1v) is 7.42. The maximum atomic E-state index is 12.1. The van der Waals surface area contributed by atoms with E-state index in [-0.39, 0.29) is 6.09 Å². The van der Waals surface area contributed by atoms with E-state index < -0.39 is 5.60 Å². The molecule has 2 aromatic heterocycles. The molecule has 0 saturated carbocycles. The van der Waals surface area contributed by atoms with Crippen LogP contribution in [0.5, 0.6) is 5.88 Å². The fraction of sp³-hybridized carbons (Fsp3) is 0.438. The van der Waals surface area contributed by atoms with Gasteiger partial charge in [0.1, 0.15) is 5.60 Å². The molecule has 0 saturated heterocycles. The van der Waals surface area contributed by atoms with Gasteiger partial charge in [0, 0.05) is 25.1 Å². The van der Waals surface area contributed by atoms with Crippen LogP contribution < -0.4 is 4.74 Å². The molecule has 3 heterocycles. The van der Waals surface area contributed by atoms with Gasteiger partial charge in [0.2, 0.25) is 0 Å². The molecule has 7 heteroatoms. The Morgan fingerprint density at radius 3 is 2.83 bits per heavy atom. The fourth-order valence-electron chi connectivity index (χ4n) is 2.40. The first kappa shape index (κ1) is 15.3. The highest BCUT2D eigenvalue weighted by molar-refractivity contribution is 5.76. The topological polar surface area (TPSA) is 69.0 Å². The monoisotopic (exact) mass is 316 g/mol. The molecule has 23 heavy (non-hydrogen) atoms. The Morgan fingerprint density at radius 2 is 2.13 bits per heavy atom. The van der Waals surface area contributed by atoms with Gasteiger partial charge in [-0.2, -0.15) is 0 Å². The zero-order valence-electron chi connectivity index (χ0n) is 13.7. The van der Waals surface area contributed by atoms with Crippen LogP contribution in [0.2, 0.25) is 0 Å². The molecule has 2 aromatic rings. The number of ether oxygens (including phenoxy) is 2. The largest absolute Gasteiger partial charge is 0.478 e. The van der Waals surface area contributed by atoms with Crippen molar-refractivity contribution in [1.82, 2.24) is 19.3 Å². The van der Waals surface area contributed by atoms with Gasteiger partial charge in [-0.15, -0.1) is 0 Å². The van der Waals surface area contributed by atoms with Gasteiger partial charge in [0.15, 0.2) is 5.65 Å². The average molecular weight is 316 g/mol. The van der Waals surface area contributed by atoms with Crippen molar-refractivity contribution < 1.29 is 14.3 Å². The second-order valence-corrected chi connectivity index (χ2v) is 6.38. The van der Waals surface area contributed by atoms with Crippen LogP contribution in [0, 0.1) is 0 Å². The van der Waals surface area contributed by atoms with Crippen LogP contribution in [0.4, 0.5) is 4.79 Å². The molecule has 1 aliphatic heterocycles. The molecule has 1 amide bonds.